The molecule has 1 saturated heterocycles. The largest absolute Gasteiger partial charge is 0.310 e. The average Bonchev–Trinajstić information content (AvgIpc) is 2.87. The molecule has 1 aromatic rings. The van der Waals surface area contributed by atoms with Crippen LogP contribution in [0.2, 0.25) is 0 Å². The summed E-state index contributed by atoms with van der Waals surface area (Å²) >= 11 is 0. The van der Waals surface area contributed by atoms with Crippen LogP contribution in [0.5, 0.6) is 0 Å². The van der Waals surface area contributed by atoms with E-state index in [1.165, 1.54) is 0 Å². The van der Waals surface area contributed by atoms with Crippen molar-refractivity contribution in [3.8, 4) is 0 Å². The van der Waals surface area contributed by atoms with Crippen molar-refractivity contribution in [1.82, 2.24) is 15.1 Å². The molecule has 1 aromatic heterocycles. The van der Waals surface area contributed by atoms with Crippen LogP contribution in [0.4, 0.5) is 5.82 Å². The van der Waals surface area contributed by atoms with Crippen molar-refractivity contribution in [2.24, 2.45) is 7.05 Å². The normalized spacial score (nSPS) is 20.1. The van der Waals surface area contributed by atoms with Gasteiger partial charge in [-0.15, -0.1) is 0 Å². The van der Waals surface area contributed by atoms with E-state index in [1.807, 2.05) is 13.1 Å². The number of aryl methyl sites for hydroxylation is 1. The number of aromatic nitrogens is 2. The number of nitrogens with one attached hydrogen (secondary N) is 2. The lowest BCUT2D eigenvalue weighted by atomic mass is 9.92. The number of rotatable bonds is 2. The molecule has 0 spiro atoms. The van der Waals surface area contributed by atoms with E-state index in [9.17, 15) is 4.79 Å². The van der Waals surface area contributed by atoms with Crippen molar-refractivity contribution < 1.29 is 4.79 Å². The zero-order chi connectivity index (χ0) is 13.3. The molecule has 0 radical (unpaired) electrons. The van der Waals surface area contributed by atoms with Crippen LogP contribution in [0.1, 0.15) is 39.3 Å². The number of amides is 1. The Balaban J connectivity index is 2.09. The highest BCUT2D eigenvalue weighted by Crippen LogP contribution is 2.23. The molecule has 2 N–H and O–H groups in total. The Morgan fingerprint density at radius 2 is 2.28 bits per heavy atom. The van der Waals surface area contributed by atoms with Crippen molar-refractivity contribution in [3.63, 3.8) is 0 Å². The molecule has 0 unspecified atom stereocenters. The lowest BCUT2D eigenvalue weighted by Crippen LogP contribution is -2.35. The summed E-state index contributed by atoms with van der Waals surface area (Å²) in [6.45, 7) is 7.26. The van der Waals surface area contributed by atoms with Gasteiger partial charge >= 0.3 is 0 Å². The molecule has 5 nitrogen and oxygen atoms in total. The predicted molar refractivity (Wildman–Crippen MR) is 71.6 cm³/mol. The molecular formula is C13H22N4O. The van der Waals surface area contributed by atoms with Gasteiger partial charge in [0.1, 0.15) is 5.82 Å². The summed E-state index contributed by atoms with van der Waals surface area (Å²) in [5.74, 6) is 0.801. The first-order valence-electron chi connectivity index (χ1n) is 6.47. The maximum absolute atomic E-state index is 12.0. The van der Waals surface area contributed by atoms with Crippen molar-refractivity contribution >= 4 is 11.7 Å². The molecule has 0 saturated carbocycles. The number of carbonyl (C=O) groups excluding carboxylic acids is 1. The van der Waals surface area contributed by atoms with E-state index in [-0.39, 0.29) is 17.4 Å². The second-order valence-electron chi connectivity index (χ2n) is 5.93. The van der Waals surface area contributed by atoms with Crippen LogP contribution >= 0.6 is 0 Å². The third-order valence-corrected chi connectivity index (χ3v) is 3.28. The molecule has 0 aromatic carbocycles. The Hall–Kier alpha value is -1.36. The highest BCUT2D eigenvalue weighted by Gasteiger charge is 2.24. The topological polar surface area (TPSA) is 59.0 Å². The van der Waals surface area contributed by atoms with Crippen molar-refractivity contribution in [2.45, 2.75) is 45.1 Å². The Morgan fingerprint density at radius 3 is 2.78 bits per heavy atom. The smallest absolute Gasteiger partial charge is 0.242 e. The molecule has 2 heterocycles. The first-order valence-corrected chi connectivity index (χ1v) is 6.47. The minimum atomic E-state index is -0.0574. The third kappa shape index (κ3) is 2.72. The van der Waals surface area contributed by atoms with Crippen molar-refractivity contribution in [3.05, 3.63) is 11.8 Å². The molecule has 2 rings (SSSR count). The molecule has 1 aliphatic heterocycles. The molecule has 1 amide bonds. The van der Waals surface area contributed by atoms with Crippen LogP contribution in [-0.2, 0) is 17.3 Å². The highest BCUT2D eigenvalue weighted by atomic mass is 16.2. The van der Waals surface area contributed by atoms with Gasteiger partial charge in [0.15, 0.2) is 0 Å². The third-order valence-electron chi connectivity index (χ3n) is 3.28. The summed E-state index contributed by atoms with van der Waals surface area (Å²) in [5.41, 5.74) is 0.978. The summed E-state index contributed by atoms with van der Waals surface area (Å²) in [7, 11) is 1.85. The van der Waals surface area contributed by atoms with E-state index in [1.54, 1.807) is 4.68 Å². The van der Waals surface area contributed by atoms with E-state index in [0.29, 0.717) is 0 Å². The zero-order valence-electron chi connectivity index (χ0n) is 11.6. The van der Waals surface area contributed by atoms with Crippen molar-refractivity contribution in [1.29, 1.82) is 0 Å². The molecule has 1 atom stereocenters. The molecule has 18 heavy (non-hydrogen) atoms. The Kier molecular flexibility index (Phi) is 3.43. The minimum absolute atomic E-state index is 0.00759. The summed E-state index contributed by atoms with van der Waals surface area (Å²) in [6.07, 6.45) is 1.98. The number of nitrogens with zero attached hydrogens (tertiary/aromatic N) is 2. The van der Waals surface area contributed by atoms with E-state index >= 15 is 0 Å². The predicted octanol–water partition coefficient (Wildman–Crippen LogP) is 1.41. The first kappa shape index (κ1) is 13.1. The van der Waals surface area contributed by atoms with E-state index in [0.717, 1.165) is 30.9 Å². The summed E-state index contributed by atoms with van der Waals surface area (Å²) in [5, 5.41) is 10.6. The summed E-state index contributed by atoms with van der Waals surface area (Å²) in [4.78, 5) is 12.0. The maximum atomic E-state index is 12.0. The van der Waals surface area contributed by atoms with Crippen molar-refractivity contribution in [2.75, 3.05) is 11.9 Å². The number of hydrogen-bond donors (Lipinski definition) is 2. The molecule has 1 fully saturated rings. The summed E-state index contributed by atoms with van der Waals surface area (Å²) in [6, 6.07) is 1.89. The van der Waals surface area contributed by atoms with Gasteiger partial charge in [0.05, 0.1) is 11.7 Å². The quantitative estimate of drug-likeness (QED) is 0.834. The van der Waals surface area contributed by atoms with Crippen LogP contribution in [0, 0.1) is 0 Å². The molecule has 0 bridgehead atoms. The maximum Gasteiger partial charge on any atom is 0.242 e. The number of hydrogen-bond acceptors (Lipinski definition) is 3. The lowest BCUT2D eigenvalue weighted by Gasteiger charge is -2.13. The van der Waals surface area contributed by atoms with Gasteiger partial charge in [0.25, 0.3) is 0 Å². The molecular weight excluding hydrogens is 228 g/mol. The first-order chi connectivity index (χ1) is 8.38. The van der Waals surface area contributed by atoms with E-state index in [2.05, 4.69) is 36.5 Å². The fourth-order valence-corrected chi connectivity index (χ4v) is 2.07. The Labute approximate surface area is 108 Å². The van der Waals surface area contributed by atoms with Crippen LogP contribution in [0.15, 0.2) is 6.07 Å². The SMILES string of the molecule is Cn1nc(C(C)(C)C)cc1NC(=O)[C@@H]1CCCN1. The van der Waals surface area contributed by atoms with Gasteiger partial charge in [0.2, 0.25) is 5.91 Å². The molecule has 0 aliphatic carbocycles. The van der Waals surface area contributed by atoms with Crippen LogP contribution in [-0.4, -0.2) is 28.3 Å². The van der Waals surface area contributed by atoms with Gasteiger partial charge in [0, 0.05) is 18.5 Å². The Morgan fingerprint density at radius 1 is 1.56 bits per heavy atom. The van der Waals surface area contributed by atoms with E-state index < -0.39 is 0 Å². The standard InChI is InChI=1S/C13H22N4O/c1-13(2,3)10-8-11(17(4)16-10)15-12(18)9-6-5-7-14-9/h8-9,14H,5-7H2,1-4H3,(H,15,18)/t9-/m0/s1. The van der Waals surface area contributed by atoms with Crippen LogP contribution in [0.25, 0.3) is 0 Å². The number of anilines is 1. The fraction of sp³-hybridized carbons (Fsp3) is 0.692. The second kappa shape index (κ2) is 4.72. The van der Waals surface area contributed by atoms with E-state index in [4.69, 9.17) is 0 Å². The molecule has 100 valence electrons. The number of carbonyl (C=O) groups is 1. The molecule has 1 aliphatic rings. The van der Waals surface area contributed by atoms with Gasteiger partial charge in [-0.05, 0) is 19.4 Å². The van der Waals surface area contributed by atoms with Gasteiger partial charge in [-0.1, -0.05) is 20.8 Å². The molecule has 5 heteroatoms. The van der Waals surface area contributed by atoms with Crippen LogP contribution < -0.4 is 10.6 Å². The van der Waals surface area contributed by atoms with Gasteiger partial charge < -0.3 is 10.6 Å². The average molecular weight is 250 g/mol. The second-order valence-corrected chi connectivity index (χ2v) is 5.93. The van der Waals surface area contributed by atoms with Gasteiger partial charge in [-0.2, -0.15) is 5.10 Å². The highest BCUT2D eigenvalue weighted by molar-refractivity contribution is 5.94. The van der Waals surface area contributed by atoms with Gasteiger partial charge in [-0.3, -0.25) is 9.48 Å². The lowest BCUT2D eigenvalue weighted by molar-refractivity contribution is -0.117. The minimum Gasteiger partial charge on any atom is -0.310 e. The van der Waals surface area contributed by atoms with Gasteiger partial charge in [-0.25, -0.2) is 0 Å². The summed E-state index contributed by atoms with van der Waals surface area (Å²) < 4.78 is 1.73. The zero-order valence-corrected chi connectivity index (χ0v) is 11.6. The Bertz CT molecular complexity index is 438. The monoisotopic (exact) mass is 250 g/mol. The van der Waals surface area contributed by atoms with Crippen LogP contribution in [0.3, 0.4) is 0 Å². The fourth-order valence-electron chi connectivity index (χ4n) is 2.07.